The molecule has 2 fully saturated rings. The molecule has 2 aliphatic rings. The summed E-state index contributed by atoms with van der Waals surface area (Å²) in [7, 11) is 1.59. The SMILES string of the molecule is COc1ccc(C(=O)N[C@@H](C(=O)NCC2CCN(CC3CCCCC3)CC2)c2ccccc2)cc1. The van der Waals surface area contributed by atoms with Gasteiger partial charge >= 0.3 is 0 Å². The van der Waals surface area contributed by atoms with Gasteiger partial charge in [-0.2, -0.15) is 0 Å². The third-order valence-electron chi connectivity index (χ3n) is 7.54. The molecule has 4 rings (SSSR count). The predicted octanol–water partition coefficient (Wildman–Crippen LogP) is 4.57. The molecule has 2 amide bonds. The molecule has 35 heavy (non-hydrogen) atoms. The summed E-state index contributed by atoms with van der Waals surface area (Å²) in [5.74, 6) is 1.59. The first-order valence-electron chi connectivity index (χ1n) is 13.1. The molecule has 6 nitrogen and oxygen atoms in total. The van der Waals surface area contributed by atoms with Crippen molar-refractivity contribution in [3.05, 3.63) is 65.7 Å². The second-order valence-electron chi connectivity index (χ2n) is 10.0. The van der Waals surface area contributed by atoms with Gasteiger partial charge < -0.3 is 20.3 Å². The van der Waals surface area contributed by atoms with Gasteiger partial charge in [-0.3, -0.25) is 9.59 Å². The lowest BCUT2D eigenvalue weighted by Gasteiger charge is -2.35. The van der Waals surface area contributed by atoms with E-state index in [1.54, 1.807) is 31.4 Å². The predicted molar refractivity (Wildman–Crippen MR) is 138 cm³/mol. The van der Waals surface area contributed by atoms with Gasteiger partial charge in [0, 0.05) is 18.7 Å². The molecule has 1 aliphatic heterocycles. The van der Waals surface area contributed by atoms with Crippen molar-refractivity contribution in [1.29, 1.82) is 0 Å². The van der Waals surface area contributed by atoms with Crippen LogP contribution in [0.2, 0.25) is 0 Å². The molecule has 0 spiro atoms. The lowest BCUT2D eigenvalue weighted by Crippen LogP contribution is -2.44. The van der Waals surface area contributed by atoms with E-state index >= 15 is 0 Å². The second-order valence-corrected chi connectivity index (χ2v) is 10.0. The molecule has 0 radical (unpaired) electrons. The van der Waals surface area contributed by atoms with Crippen molar-refractivity contribution >= 4 is 11.8 Å². The van der Waals surface area contributed by atoms with Crippen molar-refractivity contribution < 1.29 is 14.3 Å². The van der Waals surface area contributed by atoms with Crippen LogP contribution in [-0.2, 0) is 4.79 Å². The molecular weight excluding hydrogens is 438 g/mol. The summed E-state index contributed by atoms with van der Waals surface area (Å²) < 4.78 is 5.17. The average molecular weight is 478 g/mol. The Balaban J connectivity index is 1.30. The number of methoxy groups -OCH3 is 1. The van der Waals surface area contributed by atoms with E-state index in [0.717, 1.165) is 37.4 Å². The molecule has 188 valence electrons. The van der Waals surface area contributed by atoms with Gasteiger partial charge in [0.1, 0.15) is 11.8 Å². The molecule has 0 aromatic heterocycles. The lowest BCUT2D eigenvalue weighted by atomic mass is 9.88. The molecule has 1 saturated heterocycles. The zero-order valence-electron chi connectivity index (χ0n) is 20.9. The van der Waals surface area contributed by atoms with Crippen molar-refractivity contribution in [1.82, 2.24) is 15.5 Å². The molecule has 6 heteroatoms. The van der Waals surface area contributed by atoms with Crippen molar-refractivity contribution in [3.8, 4) is 5.75 Å². The van der Waals surface area contributed by atoms with E-state index in [-0.39, 0.29) is 11.8 Å². The Morgan fingerprint density at radius 2 is 1.60 bits per heavy atom. The fraction of sp³-hybridized carbons (Fsp3) is 0.517. The number of nitrogens with zero attached hydrogens (tertiary/aromatic N) is 1. The zero-order valence-corrected chi connectivity index (χ0v) is 20.9. The minimum atomic E-state index is -0.739. The maximum absolute atomic E-state index is 13.2. The average Bonchev–Trinajstić information content (AvgIpc) is 2.92. The van der Waals surface area contributed by atoms with E-state index in [4.69, 9.17) is 4.74 Å². The Hall–Kier alpha value is -2.86. The number of carbonyl (C=O) groups is 2. The first-order chi connectivity index (χ1) is 17.1. The van der Waals surface area contributed by atoms with Crippen molar-refractivity contribution in [2.75, 3.05) is 33.3 Å². The number of benzene rings is 2. The summed E-state index contributed by atoms with van der Waals surface area (Å²) in [4.78, 5) is 28.7. The van der Waals surface area contributed by atoms with E-state index in [9.17, 15) is 9.59 Å². The largest absolute Gasteiger partial charge is 0.497 e. The van der Waals surface area contributed by atoms with Crippen LogP contribution < -0.4 is 15.4 Å². The molecule has 0 unspecified atom stereocenters. The maximum atomic E-state index is 13.2. The number of hydrogen-bond donors (Lipinski definition) is 2. The highest BCUT2D eigenvalue weighted by molar-refractivity contribution is 5.98. The van der Waals surface area contributed by atoms with E-state index in [1.165, 1.54) is 38.6 Å². The zero-order chi connectivity index (χ0) is 24.5. The summed E-state index contributed by atoms with van der Waals surface area (Å²) in [6.45, 7) is 4.13. The molecule has 1 aliphatic carbocycles. The summed E-state index contributed by atoms with van der Waals surface area (Å²) in [5, 5.41) is 6.06. The van der Waals surface area contributed by atoms with Crippen LogP contribution in [0.4, 0.5) is 0 Å². The van der Waals surface area contributed by atoms with Gasteiger partial charge in [-0.25, -0.2) is 0 Å². The van der Waals surface area contributed by atoms with Gasteiger partial charge in [0.05, 0.1) is 7.11 Å². The molecule has 2 N–H and O–H groups in total. The fourth-order valence-electron chi connectivity index (χ4n) is 5.36. The van der Waals surface area contributed by atoms with Gasteiger partial charge in [-0.15, -0.1) is 0 Å². The lowest BCUT2D eigenvalue weighted by molar-refractivity contribution is -0.123. The van der Waals surface area contributed by atoms with Crippen LogP contribution in [0.1, 0.15) is 66.9 Å². The summed E-state index contributed by atoms with van der Waals surface area (Å²) in [6, 6.07) is 15.6. The molecule has 0 bridgehead atoms. The normalized spacial score (nSPS) is 18.5. The molecule has 1 heterocycles. The maximum Gasteiger partial charge on any atom is 0.252 e. The minimum Gasteiger partial charge on any atom is -0.497 e. The van der Waals surface area contributed by atoms with Gasteiger partial charge in [-0.1, -0.05) is 49.6 Å². The molecular formula is C29H39N3O3. The van der Waals surface area contributed by atoms with Crippen molar-refractivity contribution in [2.45, 2.75) is 51.0 Å². The van der Waals surface area contributed by atoms with Gasteiger partial charge in [-0.05, 0) is 80.4 Å². The van der Waals surface area contributed by atoms with Crippen LogP contribution in [0, 0.1) is 11.8 Å². The highest BCUT2D eigenvalue weighted by Gasteiger charge is 2.26. The Morgan fingerprint density at radius 3 is 2.26 bits per heavy atom. The number of rotatable bonds is 9. The monoisotopic (exact) mass is 477 g/mol. The van der Waals surface area contributed by atoms with Crippen LogP contribution >= 0.6 is 0 Å². The highest BCUT2D eigenvalue weighted by atomic mass is 16.5. The van der Waals surface area contributed by atoms with E-state index in [1.807, 2.05) is 30.3 Å². The first kappa shape index (κ1) is 25.2. The summed E-state index contributed by atoms with van der Waals surface area (Å²) >= 11 is 0. The van der Waals surface area contributed by atoms with E-state index < -0.39 is 6.04 Å². The van der Waals surface area contributed by atoms with E-state index in [2.05, 4.69) is 15.5 Å². The smallest absolute Gasteiger partial charge is 0.252 e. The number of piperidine rings is 1. The third-order valence-corrected chi connectivity index (χ3v) is 7.54. The summed E-state index contributed by atoms with van der Waals surface area (Å²) in [6.07, 6.45) is 9.19. The number of carbonyl (C=O) groups excluding carboxylic acids is 2. The molecule has 2 aromatic rings. The standard InChI is InChI=1S/C29H39N3O3/c1-35-26-14-12-25(13-15-26)28(33)31-27(24-10-6-3-7-11-24)29(34)30-20-22-16-18-32(19-17-22)21-23-8-4-2-5-9-23/h3,6-7,10-15,22-23,27H,2,4-5,8-9,16-21H2,1H3,(H,30,34)(H,31,33)/t27-/m1/s1. The number of ether oxygens (including phenoxy) is 1. The van der Waals surface area contributed by atoms with Gasteiger partial charge in [0.15, 0.2) is 0 Å². The Labute approximate surface area is 209 Å². The Morgan fingerprint density at radius 1 is 0.914 bits per heavy atom. The molecule has 1 atom stereocenters. The molecule has 2 aromatic carbocycles. The number of amides is 2. The summed E-state index contributed by atoms with van der Waals surface area (Å²) in [5.41, 5.74) is 1.26. The molecule has 1 saturated carbocycles. The highest BCUT2D eigenvalue weighted by Crippen LogP contribution is 2.26. The van der Waals surface area contributed by atoms with Crippen LogP contribution in [0.5, 0.6) is 5.75 Å². The van der Waals surface area contributed by atoms with Gasteiger partial charge in [0.2, 0.25) is 5.91 Å². The number of likely N-dealkylation sites (tertiary alicyclic amines) is 1. The van der Waals surface area contributed by atoms with Crippen LogP contribution in [-0.4, -0.2) is 50.0 Å². The van der Waals surface area contributed by atoms with Crippen molar-refractivity contribution in [2.24, 2.45) is 11.8 Å². The van der Waals surface area contributed by atoms with Crippen LogP contribution in [0.3, 0.4) is 0 Å². The third kappa shape index (κ3) is 7.31. The first-order valence-corrected chi connectivity index (χ1v) is 13.1. The Bertz CT molecular complexity index is 933. The second kappa shape index (κ2) is 12.7. The Kier molecular flexibility index (Phi) is 9.18. The topological polar surface area (TPSA) is 70.7 Å². The van der Waals surface area contributed by atoms with E-state index in [0.29, 0.717) is 23.8 Å². The minimum absolute atomic E-state index is 0.164. The van der Waals surface area contributed by atoms with Crippen molar-refractivity contribution in [3.63, 3.8) is 0 Å². The van der Waals surface area contributed by atoms with Crippen LogP contribution in [0.25, 0.3) is 0 Å². The van der Waals surface area contributed by atoms with Crippen LogP contribution in [0.15, 0.2) is 54.6 Å². The quantitative estimate of drug-likeness (QED) is 0.555. The number of nitrogens with one attached hydrogen (secondary N) is 2. The fourth-order valence-corrected chi connectivity index (χ4v) is 5.36. The van der Waals surface area contributed by atoms with Gasteiger partial charge in [0.25, 0.3) is 5.91 Å². The number of hydrogen-bond acceptors (Lipinski definition) is 4.